The van der Waals surface area contributed by atoms with Crippen LogP contribution in [0.3, 0.4) is 0 Å². The fourth-order valence-corrected chi connectivity index (χ4v) is 3.28. The van der Waals surface area contributed by atoms with E-state index >= 15 is 0 Å². The normalized spacial score (nSPS) is 20.3. The van der Waals surface area contributed by atoms with E-state index in [1.165, 1.54) is 12.1 Å². The highest BCUT2D eigenvalue weighted by Crippen LogP contribution is 2.35. The molecule has 0 radical (unpaired) electrons. The number of carboxylic acid groups (broad SMARTS) is 1. The highest BCUT2D eigenvalue weighted by molar-refractivity contribution is 5.76. The van der Waals surface area contributed by atoms with Gasteiger partial charge < -0.3 is 25.2 Å². The van der Waals surface area contributed by atoms with Gasteiger partial charge in [-0.25, -0.2) is 9.18 Å². The zero-order valence-electron chi connectivity index (χ0n) is 16.1. The molecule has 1 aromatic rings. The molecule has 3 atom stereocenters. The van der Waals surface area contributed by atoms with E-state index in [-0.39, 0.29) is 5.82 Å². The van der Waals surface area contributed by atoms with Crippen molar-refractivity contribution >= 4 is 5.97 Å². The monoisotopic (exact) mass is 406 g/mol. The van der Waals surface area contributed by atoms with E-state index in [4.69, 9.17) is 9.84 Å². The molecular formula is C22H27FO6. The maximum Gasteiger partial charge on any atom is 0.367 e. The SMILES string of the molecule is O=C(O)C(O)(O)C(O)C=C=CC[C@H]1CCC[C@@H]1/C=C/CCOc1ccc(F)cc1. The third kappa shape index (κ3) is 7.15. The van der Waals surface area contributed by atoms with Crippen molar-refractivity contribution < 1.29 is 34.3 Å². The molecule has 158 valence electrons. The number of hydrogen-bond acceptors (Lipinski definition) is 5. The maximum absolute atomic E-state index is 12.8. The van der Waals surface area contributed by atoms with Crippen LogP contribution in [-0.4, -0.2) is 44.9 Å². The van der Waals surface area contributed by atoms with Gasteiger partial charge in [-0.15, -0.1) is 5.73 Å². The number of ether oxygens (including phenoxy) is 1. The van der Waals surface area contributed by atoms with Crippen LogP contribution in [0.15, 0.2) is 54.3 Å². The van der Waals surface area contributed by atoms with Gasteiger partial charge in [0.15, 0.2) is 0 Å². The van der Waals surface area contributed by atoms with E-state index in [9.17, 15) is 24.5 Å². The molecule has 1 aliphatic carbocycles. The Bertz CT molecular complexity index is 749. The van der Waals surface area contributed by atoms with Gasteiger partial charge in [-0.3, -0.25) is 0 Å². The lowest BCUT2D eigenvalue weighted by molar-refractivity contribution is -0.227. The van der Waals surface area contributed by atoms with Crippen molar-refractivity contribution in [3.8, 4) is 5.75 Å². The van der Waals surface area contributed by atoms with Gasteiger partial charge in [0.1, 0.15) is 17.7 Å². The van der Waals surface area contributed by atoms with Crippen molar-refractivity contribution in [3.05, 3.63) is 60.1 Å². The fourth-order valence-electron chi connectivity index (χ4n) is 3.28. The van der Waals surface area contributed by atoms with Gasteiger partial charge in [-0.05, 0) is 73.9 Å². The molecule has 1 aliphatic rings. The predicted molar refractivity (Wildman–Crippen MR) is 105 cm³/mol. The summed E-state index contributed by atoms with van der Waals surface area (Å²) >= 11 is 0. The third-order valence-electron chi connectivity index (χ3n) is 4.99. The maximum atomic E-state index is 12.8. The van der Waals surface area contributed by atoms with E-state index < -0.39 is 17.9 Å². The Kier molecular flexibility index (Phi) is 8.61. The van der Waals surface area contributed by atoms with Gasteiger partial charge in [0, 0.05) is 0 Å². The highest BCUT2D eigenvalue weighted by atomic mass is 19.1. The van der Waals surface area contributed by atoms with Crippen molar-refractivity contribution in [1.82, 2.24) is 0 Å². The molecule has 0 bridgehead atoms. The number of allylic oxidation sites excluding steroid dienone is 1. The summed E-state index contributed by atoms with van der Waals surface area (Å²) in [6, 6.07) is 5.91. The standard InChI is InChI=1S/C22H27FO6/c23-18-11-13-19(14-12-18)29-15-4-3-7-17-9-5-8-16(17)6-1-2-10-20(24)22(27,28)21(25)26/h1,3,7,10-14,16-17,20,24,27-28H,4-6,8-9,15H2,(H,25,26)/b7-3+/t2?,16-,17-,20?/m0/s1. The lowest BCUT2D eigenvalue weighted by Crippen LogP contribution is -2.48. The average Bonchev–Trinajstić information content (AvgIpc) is 3.13. The van der Waals surface area contributed by atoms with Crippen LogP contribution < -0.4 is 4.74 Å². The van der Waals surface area contributed by atoms with Crippen LogP contribution in [0, 0.1) is 17.7 Å². The van der Waals surface area contributed by atoms with E-state index in [0.29, 0.717) is 30.6 Å². The second kappa shape index (κ2) is 10.9. The summed E-state index contributed by atoms with van der Waals surface area (Å²) in [6.07, 6.45) is 9.59. The molecule has 1 aromatic carbocycles. The Morgan fingerprint density at radius 2 is 2.03 bits per heavy atom. The number of aliphatic carboxylic acids is 1. The number of carbonyl (C=O) groups is 1. The fraction of sp³-hybridized carbons (Fsp3) is 0.455. The minimum atomic E-state index is -3.23. The van der Waals surface area contributed by atoms with E-state index in [0.717, 1.165) is 31.8 Å². The van der Waals surface area contributed by atoms with Gasteiger partial charge in [-0.1, -0.05) is 18.6 Å². The van der Waals surface area contributed by atoms with Crippen LogP contribution in [0.4, 0.5) is 4.39 Å². The molecule has 29 heavy (non-hydrogen) atoms. The lowest BCUT2D eigenvalue weighted by atomic mass is 9.92. The Hall–Kier alpha value is -2.44. The van der Waals surface area contributed by atoms with E-state index in [1.807, 2.05) is 0 Å². The summed E-state index contributed by atoms with van der Waals surface area (Å²) in [6.45, 7) is 0.508. The second-order valence-electron chi connectivity index (χ2n) is 7.12. The summed E-state index contributed by atoms with van der Waals surface area (Å²) in [5, 5.41) is 36.6. The topological polar surface area (TPSA) is 107 Å². The van der Waals surface area contributed by atoms with Crippen LogP contribution in [0.25, 0.3) is 0 Å². The van der Waals surface area contributed by atoms with Crippen molar-refractivity contribution in [1.29, 1.82) is 0 Å². The van der Waals surface area contributed by atoms with Gasteiger partial charge in [0.05, 0.1) is 6.61 Å². The number of carboxylic acids is 1. The molecule has 1 fully saturated rings. The van der Waals surface area contributed by atoms with E-state index in [1.54, 1.807) is 18.2 Å². The summed E-state index contributed by atoms with van der Waals surface area (Å²) < 4.78 is 18.4. The number of aliphatic hydroxyl groups excluding tert-OH is 1. The molecule has 1 unspecified atom stereocenters. The highest BCUT2D eigenvalue weighted by Gasteiger charge is 2.40. The Balaban J connectivity index is 1.76. The van der Waals surface area contributed by atoms with Crippen LogP contribution in [0.1, 0.15) is 32.1 Å². The number of rotatable bonds is 10. The van der Waals surface area contributed by atoms with Crippen molar-refractivity contribution in [2.75, 3.05) is 6.61 Å². The average molecular weight is 406 g/mol. The van der Waals surface area contributed by atoms with Crippen LogP contribution in [-0.2, 0) is 4.79 Å². The van der Waals surface area contributed by atoms with Crippen LogP contribution in [0.2, 0.25) is 0 Å². The number of hydrogen-bond donors (Lipinski definition) is 4. The van der Waals surface area contributed by atoms with E-state index in [2.05, 4.69) is 17.9 Å². The molecule has 0 spiro atoms. The van der Waals surface area contributed by atoms with Crippen LogP contribution >= 0.6 is 0 Å². The minimum Gasteiger partial charge on any atom is -0.493 e. The Labute approximate surface area is 169 Å². The quantitative estimate of drug-likeness (QED) is 0.206. The van der Waals surface area contributed by atoms with Crippen molar-refractivity contribution in [2.45, 2.75) is 44.0 Å². The summed E-state index contributed by atoms with van der Waals surface area (Å²) in [5.41, 5.74) is 2.64. The van der Waals surface area contributed by atoms with Gasteiger partial charge in [0.25, 0.3) is 5.79 Å². The second-order valence-corrected chi connectivity index (χ2v) is 7.12. The number of aliphatic hydroxyl groups is 3. The first-order chi connectivity index (χ1) is 13.8. The smallest absolute Gasteiger partial charge is 0.367 e. The summed E-state index contributed by atoms with van der Waals surface area (Å²) in [4.78, 5) is 10.6. The molecule has 0 aliphatic heterocycles. The first kappa shape index (κ1) is 22.8. The number of halogens is 1. The van der Waals surface area contributed by atoms with Gasteiger partial charge in [-0.2, -0.15) is 0 Å². The van der Waals surface area contributed by atoms with Gasteiger partial charge in [0.2, 0.25) is 0 Å². The lowest BCUT2D eigenvalue weighted by Gasteiger charge is -2.19. The molecule has 0 heterocycles. The number of benzene rings is 1. The molecule has 1 saturated carbocycles. The first-order valence-corrected chi connectivity index (χ1v) is 9.63. The molecule has 7 heteroatoms. The largest absolute Gasteiger partial charge is 0.493 e. The molecule has 6 nitrogen and oxygen atoms in total. The van der Waals surface area contributed by atoms with Gasteiger partial charge >= 0.3 is 5.97 Å². The van der Waals surface area contributed by atoms with Crippen molar-refractivity contribution in [3.63, 3.8) is 0 Å². The molecular weight excluding hydrogens is 379 g/mol. The Morgan fingerprint density at radius 3 is 2.72 bits per heavy atom. The molecule has 0 amide bonds. The summed E-state index contributed by atoms with van der Waals surface area (Å²) in [7, 11) is 0. The predicted octanol–water partition coefficient (Wildman–Crippen LogP) is 2.79. The zero-order chi connectivity index (χ0) is 21.3. The Morgan fingerprint density at radius 1 is 1.31 bits per heavy atom. The molecule has 0 saturated heterocycles. The summed E-state index contributed by atoms with van der Waals surface area (Å²) in [5.74, 6) is -3.98. The zero-order valence-corrected chi connectivity index (χ0v) is 16.1. The molecule has 2 rings (SSSR count). The molecule has 0 aromatic heterocycles. The van der Waals surface area contributed by atoms with Crippen molar-refractivity contribution in [2.24, 2.45) is 11.8 Å². The first-order valence-electron chi connectivity index (χ1n) is 9.63. The minimum absolute atomic E-state index is 0.295. The van der Waals surface area contributed by atoms with Crippen LogP contribution in [0.5, 0.6) is 5.75 Å². The third-order valence-corrected chi connectivity index (χ3v) is 4.99. The molecule has 4 N–H and O–H groups in total.